The second kappa shape index (κ2) is 7.35. The normalized spacial score (nSPS) is 12.2. The lowest BCUT2D eigenvalue weighted by atomic mass is 10.2. The Morgan fingerprint density at radius 1 is 1.26 bits per heavy atom. The van der Waals surface area contributed by atoms with Gasteiger partial charge in [0.25, 0.3) is 0 Å². The van der Waals surface area contributed by atoms with Crippen molar-refractivity contribution in [1.29, 1.82) is 0 Å². The fourth-order valence-corrected chi connectivity index (χ4v) is 2.70. The summed E-state index contributed by atoms with van der Waals surface area (Å²) >= 11 is 1.21. The van der Waals surface area contributed by atoms with E-state index in [-0.39, 0.29) is 24.2 Å². The molecule has 1 heterocycles. The molecule has 1 aromatic rings. The zero-order valence-electron chi connectivity index (χ0n) is 11.7. The van der Waals surface area contributed by atoms with Gasteiger partial charge in [-0.15, -0.1) is 11.3 Å². The monoisotopic (exact) mass is 285 g/mol. The molecule has 106 valence electrons. The number of esters is 1. The summed E-state index contributed by atoms with van der Waals surface area (Å²) in [6, 6.07) is 0. The molecule has 0 fully saturated rings. The van der Waals surface area contributed by atoms with Crippen LogP contribution in [0, 0.1) is 0 Å². The third-order valence-corrected chi connectivity index (χ3v) is 3.69. The average molecular weight is 285 g/mol. The summed E-state index contributed by atoms with van der Waals surface area (Å²) in [4.78, 5) is 27.9. The molecule has 6 heteroatoms. The molecule has 0 saturated heterocycles. The zero-order chi connectivity index (χ0) is 14.4. The van der Waals surface area contributed by atoms with Gasteiger partial charge in [-0.3, -0.25) is 4.79 Å². The Morgan fingerprint density at radius 3 is 2.42 bits per heavy atom. The first-order valence-corrected chi connectivity index (χ1v) is 7.17. The van der Waals surface area contributed by atoms with E-state index in [1.165, 1.54) is 18.3 Å². The Morgan fingerprint density at radius 2 is 1.95 bits per heavy atom. The van der Waals surface area contributed by atoms with Crippen molar-refractivity contribution >= 4 is 23.1 Å². The number of ether oxygens (including phenoxy) is 2. The zero-order valence-corrected chi connectivity index (χ0v) is 12.5. The van der Waals surface area contributed by atoms with E-state index in [4.69, 9.17) is 9.47 Å². The molecule has 0 radical (unpaired) electrons. The van der Waals surface area contributed by atoms with E-state index >= 15 is 0 Å². The minimum Gasteiger partial charge on any atom is -0.461 e. The van der Waals surface area contributed by atoms with Gasteiger partial charge in [-0.1, -0.05) is 6.92 Å². The van der Waals surface area contributed by atoms with Gasteiger partial charge in [0.2, 0.25) is 0 Å². The first-order valence-electron chi connectivity index (χ1n) is 6.35. The number of Topliss-reactive ketones (excluding diaryl/α,β-unsaturated/α-hetero) is 1. The van der Waals surface area contributed by atoms with Crippen molar-refractivity contribution in [2.75, 3.05) is 13.2 Å². The maximum Gasteiger partial charge on any atom is 0.358 e. The molecular formula is C13H19NO4S. The highest BCUT2D eigenvalue weighted by Gasteiger charge is 2.25. The molecule has 0 N–H and O–H groups in total. The predicted octanol–water partition coefficient (Wildman–Crippen LogP) is 3.01. The van der Waals surface area contributed by atoms with Gasteiger partial charge >= 0.3 is 5.97 Å². The van der Waals surface area contributed by atoms with Crippen LogP contribution >= 0.6 is 11.3 Å². The van der Waals surface area contributed by atoms with Crippen LogP contribution in [0.2, 0.25) is 0 Å². The van der Waals surface area contributed by atoms with Crippen LogP contribution < -0.4 is 0 Å². The number of nitrogens with zero attached hydrogens (tertiary/aromatic N) is 1. The molecule has 0 aliphatic rings. The molecule has 0 spiro atoms. The molecule has 0 amide bonds. The van der Waals surface area contributed by atoms with Gasteiger partial charge in [0.1, 0.15) is 16.0 Å². The van der Waals surface area contributed by atoms with Gasteiger partial charge in [0.15, 0.2) is 11.5 Å². The quantitative estimate of drug-likeness (QED) is 0.569. The van der Waals surface area contributed by atoms with Gasteiger partial charge in [-0.05, 0) is 20.3 Å². The molecule has 0 aliphatic heterocycles. The molecule has 1 atom stereocenters. The molecule has 0 aromatic carbocycles. The Balaban J connectivity index is 3.13. The third kappa shape index (κ3) is 3.84. The standard InChI is InChI=1S/C13H19NO4S/c1-5-9(17-6-2)12-14-10(13(16)18-7-3)11(19-12)8(4)15/h9H,5-7H2,1-4H3. The molecule has 0 saturated carbocycles. The maximum atomic E-state index is 11.8. The van der Waals surface area contributed by atoms with Crippen LogP contribution in [0.25, 0.3) is 0 Å². The first-order chi connectivity index (χ1) is 9.04. The van der Waals surface area contributed by atoms with Crippen LogP contribution in [0.1, 0.15) is 65.4 Å². The van der Waals surface area contributed by atoms with Crippen LogP contribution in [-0.4, -0.2) is 30.0 Å². The summed E-state index contributed by atoms with van der Waals surface area (Å²) in [5.41, 5.74) is 0.104. The molecule has 1 unspecified atom stereocenters. The number of thiazole rings is 1. The summed E-state index contributed by atoms with van der Waals surface area (Å²) in [5, 5.41) is 0.651. The minimum atomic E-state index is -0.554. The van der Waals surface area contributed by atoms with E-state index < -0.39 is 5.97 Å². The van der Waals surface area contributed by atoms with Gasteiger partial charge in [0.05, 0.1) is 6.61 Å². The van der Waals surface area contributed by atoms with E-state index in [1.807, 2.05) is 13.8 Å². The van der Waals surface area contributed by atoms with E-state index in [1.54, 1.807) is 6.92 Å². The summed E-state index contributed by atoms with van der Waals surface area (Å²) in [6.45, 7) is 7.82. The Kier molecular flexibility index (Phi) is 6.11. The van der Waals surface area contributed by atoms with Gasteiger partial charge in [0, 0.05) is 13.5 Å². The smallest absolute Gasteiger partial charge is 0.358 e. The van der Waals surface area contributed by atoms with E-state index in [0.29, 0.717) is 16.5 Å². The van der Waals surface area contributed by atoms with Crippen LogP contribution in [0.5, 0.6) is 0 Å². The van der Waals surface area contributed by atoms with Crippen molar-refractivity contribution < 1.29 is 19.1 Å². The van der Waals surface area contributed by atoms with Gasteiger partial charge in [-0.2, -0.15) is 0 Å². The lowest BCUT2D eigenvalue weighted by Gasteiger charge is -2.10. The molecule has 0 aliphatic carbocycles. The van der Waals surface area contributed by atoms with Crippen molar-refractivity contribution in [3.05, 3.63) is 15.6 Å². The van der Waals surface area contributed by atoms with Crippen molar-refractivity contribution in [1.82, 2.24) is 4.98 Å². The number of rotatable bonds is 7. The van der Waals surface area contributed by atoms with Gasteiger partial charge < -0.3 is 9.47 Å². The van der Waals surface area contributed by atoms with Crippen molar-refractivity contribution in [2.45, 2.75) is 40.2 Å². The molecule has 5 nitrogen and oxygen atoms in total. The lowest BCUT2D eigenvalue weighted by molar-refractivity contribution is 0.0508. The molecule has 0 bridgehead atoms. The van der Waals surface area contributed by atoms with Crippen LogP contribution in [0.15, 0.2) is 0 Å². The number of hydrogen-bond donors (Lipinski definition) is 0. The van der Waals surface area contributed by atoms with Crippen LogP contribution in [0.3, 0.4) is 0 Å². The molecular weight excluding hydrogens is 266 g/mol. The van der Waals surface area contributed by atoms with E-state index in [9.17, 15) is 9.59 Å². The second-order valence-corrected chi connectivity index (χ2v) is 4.89. The summed E-state index contributed by atoms with van der Waals surface area (Å²) in [7, 11) is 0. The maximum absolute atomic E-state index is 11.8. The van der Waals surface area contributed by atoms with Gasteiger partial charge in [-0.25, -0.2) is 9.78 Å². The summed E-state index contributed by atoms with van der Waals surface area (Å²) < 4.78 is 10.5. The number of carbonyl (C=O) groups is 2. The van der Waals surface area contributed by atoms with Crippen molar-refractivity contribution in [3.8, 4) is 0 Å². The summed E-state index contributed by atoms with van der Waals surface area (Å²) in [5.74, 6) is -0.736. The second-order valence-electron chi connectivity index (χ2n) is 3.86. The van der Waals surface area contributed by atoms with Crippen LogP contribution in [-0.2, 0) is 9.47 Å². The third-order valence-electron chi connectivity index (χ3n) is 2.45. The number of carbonyl (C=O) groups excluding carboxylic acids is 2. The topological polar surface area (TPSA) is 65.5 Å². The lowest BCUT2D eigenvalue weighted by Crippen LogP contribution is -2.10. The van der Waals surface area contributed by atoms with Crippen LogP contribution in [0.4, 0.5) is 0 Å². The Hall–Kier alpha value is -1.27. The Labute approximate surface area is 116 Å². The number of aromatic nitrogens is 1. The highest BCUT2D eigenvalue weighted by atomic mass is 32.1. The number of ketones is 1. The van der Waals surface area contributed by atoms with Crippen molar-refractivity contribution in [2.24, 2.45) is 0 Å². The summed E-state index contributed by atoms with van der Waals surface area (Å²) in [6.07, 6.45) is 0.553. The molecule has 1 aromatic heterocycles. The fraction of sp³-hybridized carbons (Fsp3) is 0.615. The fourth-order valence-electron chi connectivity index (χ4n) is 1.62. The average Bonchev–Trinajstić information content (AvgIpc) is 2.81. The highest BCUT2D eigenvalue weighted by molar-refractivity contribution is 7.14. The van der Waals surface area contributed by atoms with E-state index in [0.717, 1.165) is 6.42 Å². The minimum absolute atomic E-state index is 0.104. The highest BCUT2D eigenvalue weighted by Crippen LogP contribution is 2.29. The molecule has 1 rings (SSSR count). The first kappa shape index (κ1) is 15.8. The Bertz CT molecular complexity index is 455. The molecule has 19 heavy (non-hydrogen) atoms. The largest absolute Gasteiger partial charge is 0.461 e. The van der Waals surface area contributed by atoms with Crippen molar-refractivity contribution in [3.63, 3.8) is 0 Å². The number of hydrogen-bond acceptors (Lipinski definition) is 6. The predicted molar refractivity (Wildman–Crippen MR) is 72.7 cm³/mol. The van der Waals surface area contributed by atoms with E-state index in [2.05, 4.69) is 4.98 Å². The SMILES string of the molecule is CCOC(=O)c1nc(C(CC)OCC)sc1C(C)=O.